The van der Waals surface area contributed by atoms with Gasteiger partial charge in [0.05, 0.1) is 0 Å². The van der Waals surface area contributed by atoms with Gasteiger partial charge >= 0.3 is 0 Å². The van der Waals surface area contributed by atoms with E-state index in [1.807, 2.05) is 0 Å². The number of likely N-dealkylation sites (tertiary alicyclic amines) is 1. The molecule has 21 heavy (non-hydrogen) atoms. The highest BCUT2D eigenvalue weighted by atomic mass is 16.3. The van der Waals surface area contributed by atoms with Crippen molar-refractivity contribution >= 4 is 5.91 Å². The van der Waals surface area contributed by atoms with Crippen molar-refractivity contribution < 1.29 is 9.21 Å². The molecular formula is C16H24N2O3. The third-order valence-electron chi connectivity index (χ3n) is 4.42. The summed E-state index contributed by atoms with van der Waals surface area (Å²) in [5.41, 5.74) is -0.182. The normalized spacial score (nSPS) is 18.0. The fraction of sp³-hybridized carbons (Fsp3) is 0.625. The number of amides is 1. The Morgan fingerprint density at radius 2 is 1.95 bits per heavy atom. The van der Waals surface area contributed by atoms with Crippen LogP contribution < -0.4 is 5.43 Å². The summed E-state index contributed by atoms with van der Waals surface area (Å²) in [5.74, 6) is 1.06. The van der Waals surface area contributed by atoms with E-state index in [1.165, 1.54) is 12.1 Å². The van der Waals surface area contributed by atoms with Crippen molar-refractivity contribution in [2.75, 3.05) is 27.2 Å². The van der Waals surface area contributed by atoms with E-state index >= 15 is 0 Å². The summed E-state index contributed by atoms with van der Waals surface area (Å²) in [4.78, 5) is 27.9. The third kappa shape index (κ3) is 3.73. The van der Waals surface area contributed by atoms with Crippen molar-refractivity contribution in [2.24, 2.45) is 5.92 Å². The molecule has 5 nitrogen and oxygen atoms in total. The van der Waals surface area contributed by atoms with Crippen LogP contribution in [0.3, 0.4) is 0 Å². The van der Waals surface area contributed by atoms with E-state index in [1.54, 1.807) is 11.8 Å². The summed E-state index contributed by atoms with van der Waals surface area (Å²) < 4.78 is 5.39. The number of hydrogen-bond acceptors (Lipinski definition) is 4. The maximum absolute atomic E-state index is 12.4. The van der Waals surface area contributed by atoms with Gasteiger partial charge in [0.2, 0.25) is 0 Å². The Morgan fingerprint density at radius 1 is 1.33 bits per heavy atom. The van der Waals surface area contributed by atoms with E-state index in [0.29, 0.717) is 17.7 Å². The van der Waals surface area contributed by atoms with Crippen molar-refractivity contribution in [2.45, 2.75) is 32.7 Å². The lowest BCUT2D eigenvalue weighted by atomic mass is 9.89. The van der Waals surface area contributed by atoms with Crippen LogP contribution in [0.15, 0.2) is 21.3 Å². The van der Waals surface area contributed by atoms with Gasteiger partial charge in [-0.05, 0) is 46.7 Å². The standard InChI is InChI=1S/C16H24N2O3/c1-11-9-14(19)10-15(21-11)16(20)18-7-5-13(6-8-18)12(2)17(3)4/h9-10,12-13H,5-8H2,1-4H3/t12-/m1/s1. The minimum Gasteiger partial charge on any atom is -0.456 e. The molecule has 0 unspecified atom stereocenters. The number of aryl methyl sites for hydroxylation is 1. The largest absolute Gasteiger partial charge is 0.456 e. The van der Waals surface area contributed by atoms with Gasteiger partial charge in [-0.3, -0.25) is 9.59 Å². The van der Waals surface area contributed by atoms with Crippen LogP contribution in [-0.2, 0) is 0 Å². The maximum Gasteiger partial charge on any atom is 0.289 e. The van der Waals surface area contributed by atoms with Gasteiger partial charge in [0, 0.05) is 31.3 Å². The van der Waals surface area contributed by atoms with E-state index in [-0.39, 0.29) is 17.1 Å². The topological polar surface area (TPSA) is 53.8 Å². The molecule has 2 heterocycles. The van der Waals surface area contributed by atoms with E-state index in [9.17, 15) is 9.59 Å². The average molecular weight is 292 g/mol. The zero-order valence-electron chi connectivity index (χ0n) is 13.3. The molecule has 0 saturated carbocycles. The second kappa shape index (κ2) is 6.43. The van der Waals surface area contributed by atoms with Crippen LogP contribution >= 0.6 is 0 Å². The van der Waals surface area contributed by atoms with Crippen LogP contribution in [0.5, 0.6) is 0 Å². The minimum absolute atomic E-state index is 0.152. The van der Waals surface area contributed by atoms with Gasteiger partial charge < -0.3 is 14.2 Å². The van der Waals surface area contributed by atoms with Gasteiger partial charge in [-0.2, -0.15) is 0 Å². The maximum atomic E-state index is 12.4. The smallest absolute Gasteiger partial charge is 0.289 e. The Hall–Kier alpha value is -1.62. The van der Waals surface area contributed by atoms with Crippen molar-refractivity contribution in [3.05, 3.63) is 33.9 Å². The lowest BCUT2D eigenvalue weighted by Gasteiger charge is -2.37. The lowest BCUT2D eigenvalue weighted by Crippen LogP contribution is -2.43. The number of piperidine rings is 1. The molecule has 1 saturated heterocycles. The van der Waals surface area contributed by atoms with Crippen molar-refractivity contribution in [1.29, 1.82) is 0 Å². The van der Waals surface area contributed by atoms with Crippen LogP contribution in [0, 0.1) is 12.8 Å². The van der Waals surface area contributed by atoms with Gasteiger partial charge in [-0.25, -0.2) is 0 Å². The number of hydrogen-bond donors (Lipinski definition) is 0. The van der Waals surface area contributed by atoms with E-state index in [4.69, 9.17) is 4.42 Å². The monoisotopic (exact) mass is 292 g/mol. The fourth-order valence-corrected chi connectivity index (χ4v) is 2.87. The predicted molar refractivity (Wildman–Crippen MR) is 81.5 cm³/mol. The van der Waals surface area contributed by atoms with E-state index in [2.05, 4.69) is 25.9 Å². The van der Waals surface area contributed by atoms with Gasteiger partial charge in [0.1, 0.15) is 5.76 Å². The lowest BCUT2D eigenvalue weighted by molar-refractivity contribution is 0.0606. The first kappa shape index (κ1) is 15.8. The summed E-state index contributed by atoms with van der Waals surface area (Å²) in [6, 6.07) is 3.19. The molecule has 0 bridgehead atoms. The zero-order chi connectivity index (χ0) is 15.6. The molecule has 1 amide bonds. The molecule has 1 atom stereocenters. The Labute approximate surface area is 125 Å². The van der Waals surface area contributed by atoms with Crippen molar-refractivity contribution in [3.63, 3.8) is 0 Å². The van der Waals surface area contributed by atoms with Crippen LogP contribution in [0.4, 0.5) is 0 Å². The molecule has 2 rings (SSSR count). The summed E-state index contributed by atoms with van der Waals surface area (Å²) in [5, 5.41) is 0. The molecular weight excluding hydrogens is 268 g/mol. The van der Waals surface area contributed by atoms with Crippen molar-refractivity contribution in [3.8, 4) is 0 Å². The van der Waals surface area contributed by atoms with Gasteiger partial charge in [0.15, 0.2) is 11.2 Å². The molecule has 1 aliphatic rings. The Kier molecular flexibility index (Phi) is 4.83. The first-order valence-electron chi connectivity index (χ1n) is 7.46. The third-order valence-corrected chi connectivity index (χ3v) is 4.42. The molecule has 0 N–H and O–H groups in total. The molecule has 1 aromatic heterocycles. The highest BCUT2D eigenvalue weighted by Crippen LogP contribution is 2.23. The van der Waals surface area contributed by atoms with E-state index in [0.717, 1.165) is 25.9 Å². The van der Waals surface area contributed by atoms with E-state index < -0.39 is 0 Å². The average Bonchev–Trinajstić information content (AvgIpc) is 2.44. The quantitative estimate of drug-likeness (QED) is 0.851. The van der Waals surface area contributed by atoms with Crippen LogP contribution in [-0.4, -0.2) is 48.9 Å². The molecule has 0 aliphatic carbocycles. The van der Waals surface area contributed by atoms with Crippen molar-refractivity contribution in [1.82, 2.24) is 9.80 Å². The number of carbonyl (C=O) groups excluding carboxylic acids is 1. The van der Waals surface area contributed by atoms with Crippen LogP contribution in [0.2, 0.25) is 0 Å². The number of rotatable bonds is 3. The summed E-state index contributed by atoms with van der Waals surface area (Å²) >= 11 is 0. The van der Waals surface area contributed by atoms with Gasteiger partial charge in [0.25, 0.3) is 5.91 Å². The molecule has 5 heteroatoms. The molecule has 0 spiro atoms. The SMILES string of the molecule is Cc1cc(=O)cc(C(=O)N2CCC([C@@H](C)N(C)C)CC2)o1. The number of nitrogens with zero attached hydrogens (tertiary/aromatic N) is 2. The molecule has 0 radical (unpaired) electrons. The predicted octanol–water partition coefficient (Wildman–Crippen LogP) is 1.75. The Bertz CT molecular complexity index is 557. The Morgan fingerprint density at radius 3 is 2.48 bits per heavy atom. The van der Waals surface area contributed by atoms with Gasteiger partial charge in [-0.1, -0.05) is 0 Å². The number of carbonyl (C=O) groups is 1. The molecule has 0 aromatic carbocycles. The second-order valence-electron chi connectivity index (χ2n) is 6.10. The minimum atomic E-state index is -0.182. The highest BCUT2D eigenvalue weighted by molar-refractivity contribution is 5.91. The molecule has 1 fully saturated rings. The molecule has 116 valence electrons. The summed E-state index contributed by atoms with van der Waals surface area (Å²) in [6.07, 6.45) is 1.97. The summed E-state index contributed by atoms with van der Waals surface area (Å²) in [6.45, 7) is 5.35. The first-order chi connectivity index (χ1) is 9.88. The summed E-state index contributed by atoms with van der Waals surface area (Å²) in [7, 11) is 4.17. The molecule has 1 aliphatic heterocycles. The zero-order valence-corrected chi connectivity index (χ0v) is 13.3. The Balaban J connectivity index is 2.02. The van der Waals surface area contributed by atoms with Gasteiger partial charge in [-0.15, -0.1) is 0 Å². The first-order valence-corrected chi connectivity index (χ1v) is 7.46. The highest BCUT2D eigenvalue weighted by Gasteiger charge is 2.28. The molecule has 1 aromatic rings. The second-order valence-corrected chi connectivity index (χ2v) is 6.10. The fourth-order valence-electron chi connectivity index (χ4n) is 2.87. The van der Waals surface area contributed by atoms with Crippen LogP contribution in [0.1, 0.15) is 36.1 Å². The van der Waals surface area contributed by atoms with Crippen LogP contribution in [0.25, 0.3) is 0 Å².